The van der Waals surface area contributed by atoms with Gasteiger partial charge in [0.15, 0.2) is 0 Å². The zero-order chi connectivity index (χ0) is 9.97. The molecule has 1 saturated heterocycles. The number of ether oxygens (including phenoxy) is 1. The summed E-state index contributed by atoms with van der Waals surface area (Å²) in [6, 6.07) is 1.41. The van der Waals surface area contributed by atoms with Crippen LogP contribution in [-0.2, 0) is 4.74 Å². The third kappa shape index (κ3) is 2.03. The van der Waals surface area contributed by atoms with Crippen molar-refractivity contribution < 1.29 is 9.13 Å². The predicted molar refractivity (Wildman–Crippen MR) is 50.8 cm³/mol. The van der Waals surface area contributed by atoms with Gasteiger partial charge in [-0.25, -0.2) is 9.37 Å². The number of aromatic nitrogens is 1. The number of hydrogen-bond donors (Lipinski definition) is 1. The van der Waals surface area contributed by atoms with E-state index in [1.54, 1.807) is 0 Å². The third-order valence-corrected chi connectivity index (χ3v) is 2.36. The van der Waals surface area contributed by atoms with Crippen LogP contribution in [0.25, 0.3) is 0 Å². The van der Waals surface area contributed by atoms with Crippen LogP contribution in [0.4, 0.5) is 4.39 Å². The van der Waals surface area contributed by atoms with Gasteiger partial charge in [0.25, 0.3) is 0 Å². The second kappa shape index (κ2) is 4.21. The Kier molecular flexibility index (Phi) is 2.96. The fraction of sp³-hybridized carbons (Fsp3) is 0.444. The van der Waals surface area contributed by atoms with E-state index in [2.05, 4.69) is 10.3 Å². The molecule has 0 bridgehead atoms. The third-order valence-electron chi connectivity index (χ3n) is 2.15. The van der Waals surface area contributed by atoms with Gasteiger partial charge in [-0.05, 0) is 6.07 Å². The molecular formula is C9H10ClFN2O. The van der Waals surface area contributed by atoms with Gasteiger partial charge >= 0.3 is 0 Å². The van der Waals surface area contributed by atoms with E-state index in [1.807, 2.05) is 0 Å². The molecule has 0 aliphatic carbocycles. The molecule has 76 valence electrons. The highest BCUT2D eigenvalue weighted by Crippen LogP contribution is 2.21. The standard InChI is InChI=1S/C9H10ClFN2O/c10-9-3-6(7(11)4-13-9)8-5-14-2-1-12-8/h3-4,8,12H,1-2,5H2/t8-/m1/s1. The molecule has 1 N–H and O–H groups in total. The van der Waals surface area contributed by atoms with Crippen molar-refractivity contribution in [3.05, 3.63) is 28.8 Å². The molecule has 1 fully saturated rings. The zero-order valence-electron chi connectivity index (χ0n) is 7.46. The number of halogens is 2. The van der Waals surface area contributed by atoms with Crippen molar-refractivity contribution in [3.8, 4) is 0 Å². The van der Waals surface area contributed by atoms with Gasteiger partial charge in [0, 0.05) is 12.1 Å². The quantitative estimate of drug-likeness (QED) is 0.723. The second-order valence-corrected chi connectivity index (χ2v) is 3.50. The summed E-state index contributed by atoms with van der Waals surface area (Å²) in [6.45, 7) is 1.86. The maximum atomic E-state index is 13.3. The minimum Gasteiger partial charge on any atom is -0.378 e. The van der Waals surface area contributed by atoms with Gasteiger partial charge in [-0.15, -0.1) is 0 Å². The van der Waals surface area contributed by atoms with Gasteiger partial charge in [-0.1, -0.05) is 11.6 Å². The molecule has 1 aromatic rings. The van der Waals surface area contributed by atoms with Gasteiger partial charge in [0.1, 0.15) is 11.0 Å². The Bertz CT molecular complexity index is 329. The summed E-state index contributed by atoms with van der Waals surface area (Å²) in [4.78, 5) is 3.66. The monoisotopic (exact) mass is 216 g/mol. The van der Waals surface area contributed by atoms with E-state index in [-0.39, 0.29) is 11.9 Å². The lowest BCUT2D eigenvalue weighted by molar-refractivity contribution is 0.0757. The molecule has 0 radical (unpaired) electrons. The van der Waals surface area contributed by atoms with Crippen LogP contribution in [0.15, 0.2) is 12.3 Å². The van der Waals surface area contributed by atoms with E-state index < -0.39 is 0 Å². The first kappa shape index (κ1) is 9.83. The lowest BCUT2D eigenvalue weighted by Gasteiger charge is -2.24. The fourth-order valence-electron chi connectivity index (χ4n) is 1.46. The topological polar surface area (TPSA) is 34.1 Å². The van der Waals surface area contributed by atoms with Crippen molar-refractivity contribution in [1.29, 1.82) is 0 Å². The molecule has 3 nitrogen and oxygen atoms in total. The molecule has 0 aromatic carbocycles. The first-order valence-corrected chi connectivity index (χ1v) is 4.77. The lowest BCUT2D eigenvalue weighted by atomic mass is 10.1. The van der Waals surface area contributed by atoms with Crippen LogP contribution in [0.3, 0.4) is 0 Å². The van der Waals surface area contributed by atoms with Crippen molar-refractivity contribution in [2.75, 3.05) is 19.8 Å². The molecule has 0 saturated carbocycles. The number of nitrogens with zero attached hydrogens (tertiary/aromatic N) is 1. The van der Waals surface area contributed by atoms with Crippen molar-refractivity contribution in [2.45, 2.75) is 6.04 Å². The van der Waals surface area contributed by atoms with Crippen molar-refractivity contribution >= 4 is 11.6 Å². The van der Waals surface area contributed by atoms with Crippen LogP contribution < -0.4 is 5.32 Å². The Balaban J connectivity index is 2.24. The van der Waals surface area contributed by atoms with Crippen molar-refractivity contribution in [2.24, 2.45) is 0 Å². The van der Waals surface area contributed by atoms with E-state index in [9.17, 15) is 4.39 Å². The molecule has 14 heavy (non-hydrogen) atoms. The van der Waals surface area contributed by atoms with E-state index >= 15 is 0 Å². The summed E-state index contributed by atoms with van der Waals surface area (Å²) in [5, 5.41) is 3.45. The van der Waals surface area contributed by atoms with E-state index in [0.717, 1.165) is 12.7 Å². The average molecular weight is 217 g/mol. The van der Waals surface area contributed by atoms with Crippen LogP contribution in [0, 0.1) is 5.82 Å². The molecule has 1 aromatic heterocycles. The highest BCUT2D eigenvalue weighted by Gasteiger charge is 2.19. The Hall–Kier alpha value is -0.710. The summed E-state index contributed by atoms with van der Waals surface area (Å²) < 4.78 is 18.6. The molecule has 1 atom stereocenters. The normalized spacial score (nSPS) is 22.3. The molecule has 1 aliphatic heterocycles. The fourth-order valence-corrected chi connectivity index (χ4v) is 1.63. The van der Waals surface area contributed by atoms with E-state index in [1.165, 1.54) is 6.07 Å². The highest BCUT2D eigenvalue weighted by atomic mass is 35.5. The Morgan fingerprint density at radius 1 is 1.64 bits per heavy atom. The SMILES string of the molecule is Fc1cnc(Cl)cc1[C@H]1COCCN1. The summed E-state index contributed by atoms with van der Waals surface area (Å²) in [7, 11) is 0. The first-order valence-electron chi connectivity index (χ1n) is 4.39. The van der Waals surface area contributed by atoms with Crippen molar-refractivity contribution in [3.63, 3.8) is 0 Å². The second-order valence-electron chi connectivity index (χ2n) is 3.11. The lowest BCUT2D eigenvalue weighted by Crippen LogP contribution is -2.35. The molecule has 1 aliphatic rings. The number of hydrogen-bond acceptors (Lipinski definition) is 3. The minimum atomic E-state index is -0.350. The summed E-state index contributed by atoms with van der Waals surface area (Å²) >= 11 is 5.69. The van der Waals surface area contributed by atoms with Gasteiger partial charge in [0.2, 0.25) is 0 Å². The Labute approximate surface area is 86.2 Å². The smallest absolute Gasteiger partial charge is 0.146 e. The maximum Gasteiger partial charge on any atom is 0.146 e. The number of morpholine rings is 1. The van der Waals surface area contributed by atoms with Crippen molar-refractivity contribution in [1.82, 2.24) is 10.3 Å². The van der Waals surface area contributed by atoms with Crippen LogP contribution in [-0.4, -0.2) is 24.7 Å². The van der Waals surface area contributed by atoms with Crippen LogP contribution in [0.2, 0.25) is 5.15 Å². The van der Waals surface area contributed by atoms with Gasteiger partial charge in [0.05, 0.1) is 25.5 Å². The number of nitrogens with one attached hydrogen (secondary N) is 1. The minimum absolute atomic E-state index is 0.121. The Morgan fingerprint density at radius 3 is 3.21 bits per heavy atom. The molecule has 2 heterocycles. The molecule has 2 rings (SSSR count). The van der Waals surface area contributed by atoms with Crippen LogP contribution in [0.1, 0.15) is 11.6 Å². The molecule has 5 heteroatoms. The summed E-state index contributed by atoms with van der Waals surface area (Å²) in [6.07, 6.45) is 1.13. The summed E-state index contributed by atoms with van der Waals surface area (Å²) in [5.41, 5.74) is 0.518. The molecule has 0 unspecified atom stereocenters. The first-order chi connectivity index (χ1) is 6.77. The highest BCUT2D eigenvalue weighted by molar-refractivity contribution is 6.29. The Morgan fingerprint density at radius 2 is 2.50 bits per heavy atom. The predicted octanol–water partition coefficient (Wildman–Crippen LogP) is 1.53. The van der Waals surface area contributed by atoms with Gasteiger partial charge < -0.3 is 10.1 Å². The van der Waals surface area contributed by atoms with E-state index in [4.69, 9.17) is 16.3 Å². The molecule has 0 spiro atoms. The number of pyridine rings is 1. The zero-order valence-corrected chi connectivity index (χ0v) is 8.22. The van der Waals surface area contributed by atoms with Gasteiger partial charge in [-0.2, -0.15) is 0 Å². The number of rotatable bonds is 1. The molecule has 0 amide bonds. The average Bonchev–Trinajstić information content (AvgIpc) is 2.23. The van der Waals surface area contributed by atoms with E-state index in [0.29, 0.717) is 23.9 Å². The van der Waals surface area contributed by atoms with Crippen LogP contribution in [0.5, 0.6) is 0 Å². The van der Waals surface area contributed by atoms with Gasteiger partial charge in [-0.3, -0.25) is 0 Å². The largest absolute Gasteiger partial charge is 0.378 e. The molecular weight excluding hydrogens is 207 g/mol. The van der Waals surface area contributed by atoms with Crippen LogP contribution >= 0.6 is 11.6 Å². The summed E-state index contributed by atoms with van der Waals surface area (Å²) in [5.74, 6) is -0.350. The maximum absolute atomic E-state index is 13.3.